The van der Waals surface area contributed by atoms with E-state index in [-0.39, 0.29) is 5.97 Å². The lowest BCUT2D eigenvalue weighted by Crippen LogP contribution is -2.33. The molecule has 4 aromatic carbocycles. The monoisotopic (exact) mass is 394 g/mol. The standard InChI is InChI=1S/C26H19O2P/c27-26-25(23-18-10-11-19-24(23)28-26)29(20-12-4-1-5-13-20,21-14-6-2-7-15-21)22-16-8-3-9-17-22/h1-19H. The van der Waals surface area contributed by atoms with Gasteiger partial charge in [0.15, 0.2) is 0 Å². The zero-order valence-electron chi connectivity index (χ0n) is 15.7. The second kappa shape index (κ2) is 7.24. The third kappa shape index (κ3) is 2.76. The molecule has 5 rings (SSSR count). The van der Waals surface area contributed by atoms with E-state index >= 15 is 0 Å². The first-order valence-electron chi connectivity index (χ1n) is 9.57. The Morgan fingerprint density at radius 1 is 0.517 bits per heavy atom. The zero-order valence-corrected chi connectivity index (χ0v) is 16.6. The molecule has 0 aromatic heterocycles. The number of carbonyl (C=O) groups is 1. The summed E-state index contributed by atoms with van der Waals surface area (Å²) < 4.78 is 5.74. The fourth-order valence-corrected chi connectivity index (χ4v) is 8.51. The minimum Gasteiger partial charge on any atom is -0.422 e. The first kappa shape index (κ1) is 17.7. The predicted molar refractivity (Wildman–Crippen MR) is 121 cm³/mol. The molecule has 0 aliphatic carbocycles. The second-order valence-corrected chi connectivity index (χ2v) is 10.2. The number of ether oxygens (including phenoxy) is 1. The summed E-state index contributed by atoms with van der Waals surface area (Å²) in [6, 6.07) is 38.9. The fourth-order valence-electron chi connectivity index (χ4n) is 4.12. The lowest BCUT2D eigenvalue weighted by atomic mass is 10.2. The molecule has 0 bridgehead atoms. The van der Waals surface area contributed by atoms with Gasteiger partial charge in [-0.25, -0.2) is 4.79 Å². The Morgan fingerprint density at radius 2 is 0.931 bits per heavy atom. The van der Waals surface area contributed by atoms with E-state index < -0.39 is 6.89 Å². The van der Waals surface area contributed by atoms with Gasteiger partial charge in [0.05, 0.1) is 5.29 Å². The van der Waals surface area contributed by atoms with Crippen LogP contribution in [0.2, 0.25) is 0 Å². The molecule has 0 unspecified atom stereocenters. The fraction of sp³-hybridized carbons (Fsp3) is 0. The highest BCUT2D eigenvalue weighted by molar-refractivity contribution is 7.96. The van der Waals surface area contributed by atoms with Crippen LogP contribution < -0.4 is 20.7 Å². The van der Waals surface area contributed by atoms with Crippen molar-refractivity contribution in [1.29, 1.82) is 0 Å². The van der Waals surface area contributed by atoms with E-state index in [1.165, 1.54) is 0 Å². The molecular weight excluding hydrogens is 375 g/mol. The Labute approximate surface area is 170 Å². The van der Waals surface area contributed by atoms with Crippen molar-refractivity contribution in [3.8, 4) is 5.75 Å². The number of carbonyl (C=O) groups excluding carboxylic acids is 1. The molecule has 4 aromatic rings. The van der Waals surface area contributed by atoms with Crippen molar-refractivity contribution < 1.29 is 9.53 Å². The second-order valence-electron chi connectivity index (χ2n) is 6.91. The molecule has 0 radical (unpaired) electrons. The van der Waals surface area contributed by atoms with E-state index in [0.717, 1.165) is 26.8 Å². The van der Waals surface area contributed by atoms with Crippen LogP contribution in [0.3, 0.4) is 0 Å². The van der Waals surface area contributed by atoms with Crippen LogP contribution in [-0.4, -0.2) is 11.3 Å². The van der Waals surface area contributed by atoms with Crippen LogP contribution in [0.4, 0.5) is 0 Å². The van der Waals surface area contributed by atoms with Gasteiger partial charge in [-0.2, -0.15) is 0 Å². The molecule has 29 heavy (non-hydrogen) atoms. The lowest BCUT2D eigenvalue weighted by molar-refractivity contribution is -0.125. The summed E-state index contributed by atoms with van der Waals surface area (Å²) in [6.45, 7) is -2.45. The van der Waals surface area contributed by atoms with Gasteiger partial charge < -0.3 is 4.74 Å². The molecule has 140 valence electrons. The van der Waals surface area contributed by atoms with E-state index in [9.17, 15) is 4.79 Å². The molecule has 0 saturated carbocycles. The predicted octanol–water partition coefficient (Wildman–Crippen LogP) is 4.12. The third-order valence-electron chi connectivity index (χ3n) is 5.30. The van der Waals surface area contributed by atoms with Crippen LogP contribution in [0.15, 0.2) is 115 Å². The van der Waals surface area contributed by atoms with Crippen LogP contribution in [-0.2, 0) is 4.79 Å². The quantitative estimate of drug-likeness (QED) is 0.297. The first-order valence-corrected chi connectivity index (χ1v) is 11.4. The van der Waals surface area contributed by atoms with Crippen LogP contribution >= 0.6 is 6.89 Å². The summed E-state index contributed by atoms with van der Waals surface area (Å²) in [7, 11) is 0. The zero-order chi connectivity index (χ0) is 19.7. The molecule has 0 spiro atoms. The highest BCUT2D eigenvalue weighted by atomic mass is 31.2. The van der Waals surface area contributed by atoms with Gasteiger partial charge in [0.25, 0.3) is 0 Å². The van der Waals surface area contributed by atoms with Crippen molar-refractivity contribution in [3.05, 3.63) is 121 Å². The van der Waals surface area contributed by atoms with Crippen molar-refractivity contribution in [2.24, 2.45) is 0 Å². The number of para-hydroxylation sites is 1. The van der Waals surface area contributed by atoms with Gasteiger partial charge in [-0.3, -0.25) is 0 Å². The summed E-state index contributed by atoms with van der Waals surface area (Å²) in [5, 5.41) is 4.18. The maximum absolute atomic E-state index is 13.4. The number of benzene rings is 4. The minimum atomic E-state index is -2.45. The van der Waals surface area contributed by atoms with Crippen molar-refractivity contribution in [3.63, 3.8) is 0 Å². The maximum atomic E-state index is 13.4. The summed E-state index contributed by atoms with van der Waals surface area (Å²) in [4.78, 5) is 13.4. The largest absolute Gasteiger partial charge is 0.422 e. The summed E-state index contributed by atoms with van der Waals surface area (Å²) >= 11 is 0. The van der Waals surface area contributed by atoms with E-state index in [1.807, 2.05) is 78.9 Å². The SMILES string of the molecule is O=C1Oc2ccccc2C1=P(c1ccccc1)(c1ccccc1)c1ccccc1. The summed E-state index contributed by atoms with van der Waals surface area (Å²) in [6.07, 6.45) is 0. The van der Waals surface area contributed by atoms with Crippen molar-refractivity contribution in [2.75, 3.05) is 0 Å². The van der Waals surface area contributed by atoms with Gasteiger partial charge in [0, 0.05) is 5.56 Å². The highest BCUT2D eigenvalue weighted by Crippen LogP contribution is 2.50. The van der Waals surface area contributed by atoms with Crippen LogP contribution in [0.1, 0.15) is 5.56 Å². The molecule has 0 saturated heterocycles. The maximum Gasteiger partial charge on any atom is 0.345 e. The molecule has 1 heterocycles. The molecule has 1 aliphatic rings. The number of hydrogen-bond acceptors (Lipinski definition) is 2. The van der Waals surface area contributed by atoms with E-state index in [0.29, 0.717) is 5.75 Å². The Kier molecular flexibility index (Phi) is 4.42. The van der Waals surface area contributed by atoms with Crippen molar-refractivity contribution in [1.82, 2.24) is 0 Å². The van der Waals surface area contributed by atoms with Gasteiger partial charge in [0.1, 0.15) is 5.75 Å². The normalized spacial score (nSPS) is 13.1. The van der Waals surface area contributed by atoms with Gasteiger partial charge in [-0.05, 0) is 28.9 Å². The summed E-state index contributed by atoms with van der Waals surface area (Å²) in [5.41, 5.74) is 0.891. The van der Waals surface area contributed by atoms with Crippen LogP contribution in [0.5, 0.6) is 5.75 Å². The van der Waals surface area contributed by atoms with Crippen LogP contribution in [0.25, 0.3) is 0 Å². The highest BCUT2D eigenvalue weighted by Gasteiger charge is 2.39. The molecule has 0 atom stereocenters. The van der Waals surface area contributed by atoms with Crippen molar-refractivity contribution >= 4 is 34.1 Å². The Bertz CT molecular complexity index is 1130. The molecule has 1 aliphatic heterocycles. The molecule has 3 heteroatoms. The van der Waals surface area contributed by atoms with Crippen molar-refractivity contribution in [2.45, 2.75) is 0 Å². The molecule has 0 N–H and O–H groups in total. The third-order valence-corrected chi connectivity index (χ3v) is 9.62. The van der Waals surface area contributed by atoms with Gasteiger partial charge in [-0.1, -0.05) is 109 Å². The Morgan fingerprint density at radius 3 is 1.41 bits per heavy atom. The Balaban J connectivity index is 2.05. The number of rotatable bonds is 3. The number of esters is 1. The molecular formula is C26H19O2P. The molecule has 0 fully saturated rings. The molecule has 2 nitrogen and oxygen atoms in total. The number of hydrogen-bond donors (Lipinski definition) is 0. The van der Waals surface area contributed by atoms with E-state index in [4.69, 9.17) is 4.74 Å². The van der Waals surface area contributed by atoms with E-state index in [1.54, 1.807) is 0 Å². The van der Waals surface area contributed by atoms with Gasteiger partial charge in [0.2, 0.25) is 0 Å². The summed E-state index contributed by atoms with van der Waals surface area (Å²) in [5.74, 6) is 0.385. The average molecular weight is 394 g/mol. The smallest absolute Gasteiger partial charge is 0.345 e. The van der Waals surface area contributed by atoms with Crippen LogP contribution in [0, 0.1) is 0 Å². The average Bonchev–Trinajstić information content (AvgIpc) is 3.13. The Hall–Kier alpha value is -3.35. The van der Waals surface area contributed by atoms with E-state index in [2.05, 4.69) is 36.4 Å². The van der Waals surface area contributed by atoms with Gasteiger partial charge >= 0.3 is 5.97 Å². The topological polar surface area (TPSA) is 26.3 Å². The van der Waals surface area contributed by atoms with Gasteiger partial charge in [-0.15, -0.1) is 0 Å². The first-order chi connectivity index (χ1) is 14.3. The number of fused-ring (bicyclic) bond motifs is 1. The molecule has 0 amide bonds. The minimum absolute atomic E-state index is 0.254. The lowest BCUT2D eigenvalue weighted by Gasteiger charge is -2.30.